The van der Waals surface area contributed by atoms with Crippen molar-refractivity contribution in [1.29, 1.82) is 0 Å². The normalized spacial score (nSPS) is 15.3. The maximum atomic E-state index is 12.8. The predicted molar refractivity (Wildman–Crippen MR) is 120 cm³/mol. The van der Waals surface area contributed by atoms with Gasteiger partial charge in [0.25, 0.3) is 6.47 Å². The lowest BCUT2D eigenvalue weighted by Gasteiger charge is -2.35. The summed E-state index contributed by atoms with van der Waals surface area (Å²) in [6.07, 6.45) is -3.10. The molecule has 1 aliphatic rings. The number of carbonyl (C=O) groups is 1. The summed E-state index contributed by atoms with van der Waals surface area (Å²) in [5.41, 5.74) is 2.36. The Morgan fingerprint density at radius 3 is 2.12 bits per heavy atom. The number of benzene rings is 2. The van der Waals surface area contributed by atoms with Crippen LogP contribution < -0.4 is 0 Å². The summed E-state index contributed by atoms with van der Waals surface area (Å²) in [6.45, 7) is 7.17. The number of nitrogens with zero attached hydrogens (tertiary/aromatic N) is 3. The second kappa shape index (κ2) is 12.6. The third-order valence-electron chi connectivity index (χ3n) is 5.42. The fourth-order valence-electron chi connectivity index (χ4n) is 3.74. The Morgan fingerprint density at radius 1 is 0.969 bits per heavy atom. The molecule has 1 saturated heterocycles. The molecule has 0 unspecified atom stereocenters. The molecule has 0 saturated carbocycles. The summed E-state index contributed by atoms with van der Waals surface area (Å²) in [5.74, 6) is 0. The van der Waals surface area contributed by atoms with Gasteiger partial charge in [0.2, 0.25) is 0 Å². The molecule has 1 N–H and O–H groups in total. The van der Waals surface area contributed by atoms with Crippen LogP contribution in [0.3, 0.4) is 0 Å². The molecule has 1 aliphatic heterocycles. The van der Waals surface area contributed by atoms with E-state index >= 15 is 0 Å². The van der Waals surface area contributed by atoms with Crippen LogP contribution in [0.25, 0.3) is 11.1 Å². The van der Waals surface area contributed by atoms with Crippen molar-refractivity contribution >= 4 is 6.47 Å². The van der Waals surface area contributed by atoms with Gasteiger partial charge in [-0.15, -0.1) is 0 Å². The third-order valence-corrected chi connectivity index (χ3v) is 5.42. The van der Waals surface area contributed by atoms with Crippen molar-refractivity contribution in [3.8, 4) is 11.1 Å². The Balaban J connectivity index is 0.00000114. The molecule has 0 aliphatic carbocycles. The lowest BCUT2D eigenvalue weighted by molar-refractivity contribution is -0.137. The maximum Gasteiger partial charge on any atom is 0.416 e. The van der Waals surface area contributed by atoms with Crippen molar-refractivity contribution in [3.63, 3.8) is 0 Å². The van der Waals surface area contributed by atoms with Crippen LogP contribution in [0.1, 0.15) is 17.5 Å². The summed E-state index contributed by atoms with van der Waals surface area (Å²) in [5, 5.41) is 6.89. The summed E-state index contributed by atoms with van der Waals surface area (Å²) >= 11 is 0. The van der Waals surface area contributed by atoms with Crippen molar-refractivity contribution in [2.45, 2.75) is 19.1 Å². The van der Waals surface area contributed by atoms with E-state index in [1.165, 1.54) is 12.0 Å². The molecule has 8 heteroatoms. The Kier molecular flexibility index (Phi) is 10.2. The molecular formula is C24H32F3N3O2. The van der Waals surface area contributed by atoms with E-state index in [2.05, 4.69) is 40.9 Å². The lowest BCUT2D eigenvalue weighted by Crippen LogP contribution is -2.46. The van der Waals surface area contributed by atoms with E-state index in [1.54, 1.807) is 12.1 Å². The number of hydrogen-bond acceptors (Lipinski definition) is 4. The monoisotopic (exact) mass is 451 g/mol. The van der Waals surface area contributed by atoms with E-state index in [9.17, 15) is 13.2 Å². The van der Waals surface area contributed by atoms with Crippen LogP contribution in [0, 0.1) is 0 Å². The molecule has 0 bridgehead atoms. The minimum Gasteiger partial charge on any atom is -0.483 e. The van der Waals surface area contributed by atoms with Crippen molar-refractivity contribution in [3.05, 3.63) is 59.7 Å². The quantitative estimate of drug-likeness (QED) is 0.641. The first-order valence-corrected chi connectivity index (χ1v) is 10.7. The Bertz CT molecular complexity index is 818. The molecule has 0 aromatic heterocycles. The van der Waals surface area contributed by atoms with E-state index < -0.39 is 11.7 Å². The molecule has 0 radical (unpaired) electrons. The number of piperazine rings is 1. The minimum atomic E-state index is -4.30. The van der Waals surface area contributed by atoms with Crippen molar-refractivity contribution in [1.82, 2.24) is 14.7 Å². The van der Waals surface area contributed by atoms with Crippen LogP contribution in [0.5, 0.6) is 0 Å². The van der Waals surface area contributed by atoms with Crippen molar-refractivity contribution < 1.29 is 23.1 Å². The average molecular weight is 452 g/mol. The molecule has 1 fully saturated rings. The number of rotatable bonds is 7. The number of alkyl halides is 3. The van der Waals surface area contributed by atoms with Crippen LogP contribution in [0.15, 0.2) is 48.5 Å². The predicted octanol–water partition coefficient (Wildman–Crippen LogP) is 4.14. The first-order valence-electron chi connectivity index (χ1n) is 10.7. The number of halogens is 3. The van der Waals surface area contributed by atoms with Gasteiger partial charge in [-0.1, -0.05) is 30.3 Å². The zero-order valence-corrected chi connectivity index (χ0v) is 18.7. The van der Waals surface area contributed by atoms with Crippen LogP contribution in [-0.4, -0.2) is 79.6 Å². The summed E-state index contributed by atoms with van der Waals surface area (Å²) < 4.78 is 38.3. The molecular weight excluding hydrogens is 419 g/mol. The second-order valence-corrected chi connectivity index (χ2v) is 8.16. The number of carboxylic acid groups (broad SMARTS) is 1. The minimum absolute atomic E-state index is 0.250. The highest BCUT2D eigenvalue weighted by molar-refractivity contribution is 5.64. The SMILES string of the molecule is CN(C)CCCN1CCN(Cc2cccc(-c3ccc(C(F)(F)F)cc3)c2)CC1.O=CO. The van der Waals surface area contributed by atoms with E-state index in [4.69, 9.17) is 9.90 Å². The topological polar surface area (TPSA) is 47.0 Å². The van der Waals surface area contributed by atoms with E-state index in [1.807, 2.05) is 12.1 Å². The molecule has 2 aromatic rings. The van der Waals surface area contributed by atoms with E-state index in [0.717, 1.165) is 69.1 Å². The zero-order valence-electron chi connectivity index (χ0n) is 18.7. The summed E-state index contributed by atoms with van der Waals surface area (Å²) in [6, 6.07) is 13.5. The van der Waals surface area contributed by atoms with Crippen LogP contribution in [0.4, 0.5) is 13.2 Å². The Labute approximate surface area is 188 Å². The maximum absolute atomic E-state index is 12.8. The molecule has 176 valence electrons. The summed E-state index contributed by atoms with van der Waals surface area (Å²) in [7, 11) is 4.22. The first kappa shape index (κ1) is 25.8. The van der Waals surface area contributed by atoms with E-state index in [-0.39, 0.29) is 6.47 Å². The van der Waals surface area contributed by atoms with Gasteiger partial charge in [0, 0.05) is 32.7 Å². The van der Waals surface area contributed by atoms with Gasteiger partial charge in [0.05, 0.1) is 5.56 Å². The molecule has 1 heterocycles. The summed E-state index contributed by atoms with van der Waals surface area (Å²) in [4.78, 5) is 15.6. The number of hydrogen-bond donors (Lipinski definition) is 1. The smallest absolute Gasteiger partial charge is 0.416 e. The Morgan fingerprint density at radius 2 is 1.56 bits per heavy atom. The molecule has 0 spiro atoms. The Hall–Kier alpha value is -2.42. The zero-order chi connectivity index (χ0) is 23.6. The highest BCUT2D eigenvalue weighted by Gasteiger charge is 2.30. The van der Waals surface area contributed by atoms with Gasteiger partial charge in [0.15, 0.2) is 0 Å². The molecule has 0 atom stereocenters. The van der Waals surface area contributed by atoms with Crippen LogP contribution in [0.2, 0.25) is 0 Å². The molecule has 0 amide bonds. The van der Waals surface area contributed by atoms with Gasteiger partial charge in [-0.3, -0.25) is 9.69 Å². The van der Waals surface area contributed by atoms with Crippen molar-refractivity contribution in [2.24, 2.45) is 0 Å². The average Bonchev–Trinajstić information content (AvgIpc) is 2.75. The van der Waals surface area contributed by atoms with Crippen LogP contribution in [-0.2, 0) is 17.5 Å². The van der Waals surface area contributed by atoms with Gasteiger partial charge in [-0.25, -0.2) is 0 Å². The van der Waals surface area contributed by atoms with Crippen molar-refractivity contribution in [2.75, 3.05) is 53.4 Å². The highest BCUT2D eigenvalue weighted by atomic mass is 19.4. The standard InChI is InChI=1S/C23H30F3N3.CH2O2/c1-27(2)11-4-12-28-13-15-29(16-14-28)18-19-5-3-6-21(17-19)20-7-9-22(10-8-20)23(24,25)26;2-1-3/h3,5-10,17H,4,11-16,18H2,1-2H3;1H,(H,2,3). The highest BCUT2D eigenvalue weighted by Crippen LogP contribution is 2.31. The first-order chi connectivity index (χ1) is 15.2. The van der Waals surface area contributed by atoms with Gasteiger partial charge in [0.1, 0.15) is 0 Å². The van der Waals surface area contributed by atoms with Gasteiger partial charge < -0.3 is 14.9 Å². The molecule has 2 aromatic carbocycles. The van der Waals surface area contributed by atoms with Gasteiger partial charge >= 0.3 is 6.18 Å². The third kappa shape index (κ3) is 8.61. The van der Waals surface area contributed by atoms with E-state index in [0.29, 0.717) is 0 Å². The fraction of sp³-hybridized carbons (Fsp3) is 0.458. The molecule has 32 heavy (non-hydrogen) atoms. The van der Waals surface area contributed by atoms with Gasteiger partial charge in [-0.2, -0.15) is 13.2 Å². The van der Waals surface area contributed by atoms with Crippen LogP contribution >= 0.6 is 0 Å². The lowest BCUT2D eigenvalue weighted by atomic mass is 10.0. The fourth-order valence-corrected chi connectivity index (χ4v) is 3.74. The molecule has 3 rings (SSSR count). The largest absolute Gasteiger partial charge is 0.483 e. The second-order valence-electron chi connectivity index (χ2n) is 8.16. The van der Waals surface area contributed by atoms with Gasteiger partial charge in [-0.05, 0) is 68.5 Å². The molecule has 5 nitrogen and oxygen atoms in total.